The minimum absolute atomic E-state index is 0.0173. The van der Waals surface area contributed by atoms with Crippen LogP contribution in [0.1, 0.15) is 91.0 Å². The first kappa shape index (κ1) is 36.6. The van der Waals surface area contributed by atoms with Crippen molar-refractivity contribution in [3.05, 3.63) is 184 Å². The quantitative estimate of drug-likeness (QED) is 0.0890. The molecule has 286 valence electrons. The Labute approximate surface area is 337 Å². The van der Waals surface area contributed by atoms with Crippen LogP contribution < -0.4 is 14.4 Å². The van der Waals surface area contributed by atoms with Crippen LogP contribution in [0.3, 0.4) is 0 Å². The number of fused-ring (bicyclic) bond motifs is 4. The third kappa shape index (κ3) is 6.39. The molecule has 7 heteroatoms. The normalized spacial score (nSPS) is 17.4. The molecule has 0 saturated heterocycles. The Hall–Kier alpha value is -6.99. The fraction of sp³-hybridized carbons (Fsp3) is 0.157. The molecule has 3 aliphatic rings. The number of Topliss-reactive ketones (excluding diaryl/α,β-unsaturated/α-hetero) is 2. The van der Waals surface area contributed by atoms with Gasteiger partial charge in [0, 0.05) is 34.5 Å². The van der Waals surface area contributed by atoms with Crippen molar-refractivity contribution in [1.82, 2.24) is 0 Å². The summed E-state index contributed by atoms with van der Waals surface area (Å²) >= 11 is 0. The van der Waals surface area contributed by atoms with Gasteiger partial charge in [0.15, 0.2) is 11.6 Å². The number of anilines is 2. The van der Waals surface area contributed by atoms with E-state index in [4.69, 9.17) is 9.47 Å². The fourth-order valence-corrected chi connectivity index (χ4v) is 8.98. The average Bonchev–Trinajstić information content (AvgIpc) is 3.93. The molecule has 58 heavy (non-hydrogen) atoms. The standard InChI is InChI=1S/C51H41NO6/c1-30(48-49(53)42-25-17-37(51(55)56)29-45(42)50(48)54)32-9-11-33(12-10-32)36-18-26-47-44(28-36)41-5-4-6-46(41)52(47)38-19-7-31(8-20-38)27-43(34-13-21-39(57-2)22-14-34)35-15-23-40(58-3)24-16-35/h7-29,41,46H,4-6H2,1-3H3,(H,55,56)/b48-30-. The van der Waals surface area contributed by atoms with Crippen molar-refractivity contribution in [2.45, 2.75) is 38.1 Å². The first-order valence-corrected chi connectivity index (χ1v) is 19.5. The third-order valence-electron chi connectivity index (χ3n) is 12.0. The Balaban J connectivity index is 0.988. The number of aromatic carboxylic acids is 1. The lowest BCUT2D eigenvalue weighted by Gasteiger charge is -2.27. The van der Waals surface area contributed by atoms with Gasteiger partial charge < -0.3 is 19.5 Å². The summed E-state index contributed by atoms with van der Waals surface area (Å²) in [4.78, 5) is 40.6. The summed E-state index contributed by atoms with van der Waals surface area (Å²) in [5, 5.41) is 9.40. The van der Waals surface area contributed by atoms with Crippen molar-refractivity contribution in [2.75, 3.05) is 19.1 Å². The first-order valence-electron chi connectivity index (χ1n) is 19.5. The summed E-state index contributed by atoms with van der Waals surface area (Å²) < 4.78 is 10.9. The van der Waals surface area contributed by atoms with Crippen LogP contribution >= 0.6 is 0 Å². The lowest BCUT2D eigenvalue weighted by atomic mass is 9.92. The molecule has 2 atom stereocenters. The Morgan fingerprint density at radius 3 is 1.86 bits per heavy atom. The van der Waals surface area contributed by atoms with E-state index < -0.39 is 11.8 Å². The molecule has 6 aromatic rings. The average molecular weight is 764 g/mol. The number of rotatable bonds is 9. The van der Waals surface area contributed by atoms with Crippen LogP contribution in [0, 0.1) is 0 Å². The molecule has 0 amide bonds. The maximum absolute atomic E-state index is 13.3. The molecule has 1 N–H and O–H groups in total. The van der Waals surface area contributed by atoms with E-state index in [0.717, 1.165) is 63.3 Å². The van der Waals surface area contributed by atoms with E-state index in [2.05, 4.69) is 77.7 Å². The summed E-state index contributed by atoms with van der Waals surface area (Å²) in [6.07, 6.45) is 5.70. The number of carboxylic acids is 1. The molecule has 0 bridgehead atoms. The molecular weight excluding hydrogens is 723 g/mol. The summed E-state index contributed by atoms with van der Waals surface area (Å²) in [7, 11) is 3.36. The summed E-state index contributed by atoms with van der Waals surface area (Å²) in [6.45, 7) is 1.78. The molecule has 7 nitrogen and oxygen atoms in total. The second-order valence-electron chi connectivity index (χ2n) is 15.2. The lowest BCUT2D eigenvalue weighted by molar-refractivity contribution is 0.0696. The van der Waals surface area contributed by atoms with Gasteiger partial charge in [0.2, 0.25) is 0 Å². The van der Waals surface area contributed by atoms with Gasteiger partial charge in [0.05, 0.1) is 25.4 Å². The molecule has 1 fully saturated rings. The van der Waals surface area contributed by atoms with E-state index in [1.807, 2.05) is 48.5 Å². The highest BCUT2D eigenvalue weighted by Crippen LogP contribution is 2.53. The molecule has 2 unspecified atom stereocenters. The molecule has 1 heterocycles. The molecule has 1 saturated carbocycles. The number of ether oxygens (including phenoxy) is 2. The second kappa shape index (κ2) is 14.8. The van der Waals surface area contributed by atoms with Crippen molar-refractivity contribution < 1.29 is 29.0 Å². The number of carbonyl (C=O) groups excluding carboxylic acids is 2. The van der Waals surface area contributed by atoms with E-state index in [9.17, 15) is 19.5 Å². The Kier molecular flexibility index (Phi) is 9.37. The minimum Gasteiger partial charge on any atom is -0.497 e. The van der Waals surface area contributed by atoms with Gasteiger partial charge in [0.1, 0.15) is 11.5 Å². The van der Waals surface area contributed by atoms with Crippen LogP contribution in [0.5, 0.6) is 11.5 Å². The van der Waals surface area contributed by atoms with E-state index in [0.29, 0.717) is 17.5 Å². The van der Waals surface area contributed by atoms with Crippen molar-refractivity contribution in [1.29, 1.82) is 0 Å². The number of carbonyl (C=O) groups is 3. The van der Waals surface area contributed by atoms with Crippen LogP contribution in [-0.4, -0.2) is 42.9 Å². The number of ketones is 2. The van der Waals surface area contributed by atoms with Gasteiger partial charge in [-0.25, -0.2) is 4.79 Å². The van der Waals surface area contributed by atoms with Crippen LogP contribution in [0.25, 0.3) is 28.3 Å². The van der Waals surface area contributed by atoms with Crippen molar-refractivity contribution >= 4 is 46.1 Å². The number of allylic oxidation sites excluding steroid dienone is 2. The zero-order chi connectivity index (χ0) is 40.1. The van der Waals surface area contributed by atoms with Crippen LogP contribution in [0.4, 0.5) is 11.4 Å². The Morgan fingerprint density at radius 2 is 1.24 bits per heavy atom. The van der Waals surface area contributed by atoms with Crippen molar-refractivity contribution in [2.24, 2.45) is 0 Å². The van der Waals surface area contributed by atoms with Gasteiger partial charge in [-0.15, -0.1) is 0 Å². The summed E-state index contributed by atoms with van der Waals surface area (Å²) in [6, 6.07) is 44.4. The Morgan fingerprint density at radius 1 is 0.655 bits per heavy atom. The number of hydrogen-bond acceptors (Lipinski definition) is 6. The number of nitrogens with zero attached hydrogens (tertiary/aromatic N) is 1. The molecular formula is C51H41NO6. The molecule has 0 radical (unpaired) electrons. The maximum atomic E-state index is 13.3. The fourth-order valence-electron chi connectivity index (χ4n) is 8.98. The molecule has 9 rings (SSSR count). The third-order valence-corrected chi connectivity index (χ3v) is 12.0. The lowest BCUT2D eigenvalue weighted by Crippen LogP contribution is -2.26. The van der Waals surface area contributed by atoms with Crippen molar-refractivity contribution in [3.8, 4) is 22.6 Å². The van der Waals surface area contributed by atoms with Gasteiger partial charge in [0.25, 0.3) is 0 Å². The summed E-state index contributed by atoms with van der Waals surface area (Å²) in [5.74, 6) is 0.135. The van der Waals surface area contributed by atoms with Crippen LogP contribution in [-0.2, 0) is 0 Å². The molecule has 2 aliphatic carbocycles. The molecule has 0 spiro atoms. The smallest absolute Gasteiger partial charge is 0.335 e. The summed E-state index contributed by atoms with van der Waals surface area (Å²) in [5.41, 5.74) is 12.2. The highest BCUT2D eigenvalue weighted by Gasteiger charge is 2.42. The highest BCUT2D eigenvalue weighted by atomic mass is 16.5. The zero-order valence-corrected chi connectivity index (χ0v) is 32.5. The van der Waals surface area contributed by atoms with E-state index >= 15 is 0 Å². The predicted molar refractivity (Wildman–Crippen MR) is 228 cm³/mol. The van der Waals surface area contributed by atoms with Gasteiger partial charge in [-0.1, -0.05) is 73.2 Å². The van der Waals surface area contributed by atoms with Crippen LogP contribution in [0.2, 0.25) is 0 Å². The number of benzene rings is 6. The number of hydrogen-bond donors (Lipinski definition) is 1. The second-order valence-corrected chi connectivity index (χ2v) is 15.2. The topological polar surface area (TPSA) is 93.1 Å². The molecule has 6 aromatic carbocycles. The maximum Gasteiger partial charge on any atom is 0.335 e. The molecule has 1 aliphatic heterocycles. The van der Waals surface area contributed by atoms with E-state index in [1.54, 1.807) is 21.1 Å². The predicted octanol–water partition coefficient (Wildman–Crippen LogP) is 11.3. The van der Waals surface area contributed by atoms with Gasteiger partial charge in [-0.05, 0) is 143 Å². The van der Waals surface area contributed by atoms with Gasteiger partial charge in [-0.3, -0.25) is 9.59 Å². The monoisotopic (exact) mass is 763 g/mol. The largest absolute Gasteiger partial charge is 0.497 e. The highest BCUT2D eigenvalue weighted by molar-refractivity contribution is 6.42. The SMILES string of the molecule is COc1ccc(C(=Cc2ccc(N3c4ccc(-c5ccc(/C(C)=C6/C(=O)c7ccc(C(=O)O)cc7C6=O)cc5)cc4C4CCCC43)cc2)c2ccc(OC)cc2)cc1. The number of carboxylic acid groups (broad SMARTS) is 1. The van der Waals surface area contributed by atoms with Crippen LogP contribution in [0.15, 0.2) is 139 Å². The van der Waals surface area contributed by atoms with Gasteiger partial charge in [-0.2, -0.15) is 0 Å². The minimum atomic E-state index is -1.14. The van der Waals surface area contributed by atoms with Crippen molar-refractivity contribution in [3.63, 3.8) is 0 Å². The van der Waals surface area contributed by atoms with E-state index in [1.165, 1.54) is 41.6 Å². The zero-order valence-electron chi connectivity index (χ0n) is 32.5. The first-order chi connectivity index (χ1) is 28.2. The Bertz CT molecular complexity index is 2620. The van der Waals surface area contributed by atoms with E-state index in [-0.39, 0.29) is 28.0 Å². The van der Waals surface area contributed by atoms with Gasteiger partial charge >= 0.3 is 5.97 Å². The number of methoxy groups -OCH3 is 2. The molecule has 0 aromatic heterocycles.